The predicted octanol–water partition coefficient (Wildman–Crippen LogP) is 3.28. The minimum absolute atomic E-state index is 0.142. The fourth-order valence-electron chi connectivity index (χ4n) is 2.96. The summed E-state index contributed by atoms with van der Waals surface area (Å²) in [6.45, 7) is 10.6. The van der Waals surface area contributed by atoms with Gasteiger partial charge in [-0.25, -0.2) is 23.0 Å². The van der Waals surface area contributed by atoms with Gasteiger partial charge < -0.3 is 10.5 Å². The number of nitrogens with two attached hydrogens (primary N) is 1. The van der Waals surface area contributed by atoms with Crippen molar-refractivity contribution in [2.75, 3.05) is 12.3 Å². The number of benzene rings is 1. The molecule has 2 rings (SSSR count). The van der Waals surface area contributed by atoms with E-state index < -0.39 is 51.1 Å². The SMILES string of the molecule is CC(C)(C)OC(=O)N1CCC(C(NS(=O)C(C)(C)C)c2cc(N)ccc2F)C1=O. The minimum atomic E-state index is -1.58. The van der Waals surface area contributed by atoms with Crippen molar-refractivity contribution in [2.45, 2.75) is 64.4 Å². The van der Waals surface area contributed by atoms with Gasteiger partial charge in [0.15, 0.2) is 0 Å². The first-order chi connectivity index (χ1) is 13.2. The van der Waals surface area contributed by atoms with E-state index in [0.717, 1.165) is 4.90 Å². The van der Waals surface area contributed by atoms with Gasteiger partial charge in [-0.15, -0.1) is 0 Å². The normalized spacial score (nSPS) is 19.9. The second kappa shape index (κ2) is 8.39. The van der Waals surface area contributed by atoms with Gasteiger partial charge in [0.1, 0.15) is 11.4 Å². The Morgan fingerprint density at radius 2 is 1.93 bits per heavy atom. The lowest BCUT2D eigenvalue weighted by Crippen LogP contribution is -2.43. The van der Waals surface area contributed by atoms with Crippen molar-refractivity contribution >= 4 is 28.7 Å². The van der Waals surface area contributed by atoms with E-state index in [9.17, 15) is 18.2 Å². The van der Waals surface area contributed by atoms with Crippen LogP contribution in [0.15, 0.2) is 18.2 Å². The summed E-state index contributed by atoms with van der Waals surface area (Å²) >= 11 is 0. The topological polar surface area (TPSA) is 102 Å². The van der Waals surface area contributed by atoms with Gasteiger partial charge in [-0.05, 0) is 66.2 Å². The summed E-state index contributed by atoms with van der Waals surface area (Å²) in [7, 11) is -1.58. The average molecular weight is 428 g/mol. The maximum atomic E-state index is 14.6. The van der Waals surface area contributed by atoms with Crippen LogP contribution in [0, 0.1) is 11.7 Å². The third kappa shape index (κ3) is 5.76. The van der Waals surface area contributed by atoms with Crippen molar-refractivity contribution in [3.05, 3.63) is 29.6 Å². The fraction of sp³-hybridized carbons (Fsp3) is 0.600. The summed E-state index contributed by atoms with van der Waals surface area (Å²) in [6, 6.07) is 3.15. The number of nitrogens with zero attached hydrogens (tertiary/aromatic N) is 1. The molecule has 1 aliphatic heterocycles. The number of likely N-dealkylation sites (tertiary alicyclic amines) is 1. The van der Waals surface area contributed by atoms with Crippen LogP contribution < -0.4 is 10.5 Å². The first-order valence-corrected chi connectivity index (χ1v) is 10.6. The van der Waals surface area contributed by atoms with Gasteiger partial charge in [-0.2, -0.15) is 0 Å². The van der Waals surface area contributed by atoms with E-state index in [4.69, 9.17) is 10.5 Å². The zero-order valence-electron chi connectivity index (χ0n) is 17.7. The summed E-state index contributed by atoms with van der Waals surface area (Å²) in [5, 5.41) is 0. The highest BCUT2D eigenvalue weighted by atomic mass is 32.2. The molecule has 0 bridgehead atoms. The molecule has 0 radical (unpaired) electrons. The van der Waals surface area contributed by atoms with Gasteiger partial charge in [0.05, 0.1) is 27.7 Å². The van der Waals surface area contributed by atoms with Crippen molar-refractivity contribution in [3.8, 4) is 0 Å². The van der Waals surface area contributed by atoms with Crippen LogP contribution in [0.4, 0.5) is 14.9 Å². The Balaban J connectivity index is 2.37. The van der Waals surface area contributed by atoms with Gasteiger partial charge >= 0.3 is 6.09 Å². The average Bonchev–Trinajstić information content (AvgIpc) is 2.94. The Kier molecular flexibility index (Phi) is 6.74. The molecule has 3 atom stereocenters. The Hall–Kier alpha value is -2.00. The van der Waals surface area contributed by atoms with Gasteiger partial charge in [0.25, 0.3) is 0 Å². The molecular weight excluding hydrogens is 397 g/mol. The van der Waals surface area contributed by atoms with Crippen molar-refractivity contribution in [1.82, 2.24) is 9.62 Å². The third-order valence-electron chi connectivity index (χ3n) is 4.41. The summed E-state index contributed by atoms with van der Waals surface area (Å²) in [5.74, 6) is -1.85. The Morgan fingerprint density at radius 3 is 2.48 bits per heavy atom. The molecule has 0 aromatic heterocycles. The molecule has 1 fully saturated rings. The lowest BCUT2D eigenvalue weighted by Gasteiger charge is -2.28. The highest BCUT2D eigenvalue weighted by molar-refractivity contribution is 7.84. The number of carbonyl (C=O) groups excluding carboxylic acids is 2. The van der Waals surface area contributed by atoms with Crippen LogP contribution in [-0.4, -0.2) is 38.0 Å². The molecular formula is C20H30FN3O4S. The fourth-order valence-corrected chi connectivity index (χ4v) is 3.84. The molecule has 1 saturated heterocycles. The van der Waals surface area contributed by atoms with Gasteiger partial charge in [0, 0.05) is 17.8 Å². The molecule has 3 unspecified atom stereocenters. The van der Waals surface area contributed by atoms with Crippen molar-refractivity contribution < 1.29 is 22.9 Å². The molecule has 162 valence electrons. The smallest absolute Gasteiger partial charge is 0.417 e. The lowest BCUT2D eigenvalue weighted by atomic mass is 9.92. The maximum Gasteiger partial charge on any atom is 0.417 e. The molecule has 0 saturated carbocycles. The zero-order chi connectivity index (χ0) is 22.1. The van der Waals surface area contributed by atoms with Gasteiger partial charge in [-0.1, -0.05) is 0 Å². The largest absolute Gasteiger partial charge is 0.443 e. The summed E-state index contributed by atoms with van der Waals surface area (Å²) < 4.78 is 34.9. The second-order valence-corrected chi connectivity index (χ2v) is 11.1. The van der Waals surface area contributed by atoms with Crippen LogP contribution in [0.3, 0.4) is 0 Å². The standard InChI is InChI=1S/C20H30FN3O4S/c1-19(2,3)28-18(26)24-10-9-13(17(24)25)16(23-29(27)20(4,5)6)14-11-12(22)7-8-15(14)21/h7-8,11,13,16,23H,9-10,22H2,1-6H3. The molecule has 0 spiro atoms. The zero-order valence-corrected chi connectivity index (χ0v) is 18.6. The van der Waals surface area contributed by atoms with Crippen molar-refractivity contribution in [2.24, 2.45) is 5.92 Å². The molecule has 2 amide bonds. The molecule has 9 heteroatoms. The minimum Gasteiger partial charge on any atom is -0.443 e. The Morgan fingerprint density at radius 1 is 1.31 bits per heavy atom. The van der Waals surface area contributed by atoms with Crippen LogP contribution in [0.25, 0.3) is 0 Å². The van der Waals surface area contributed by atoms with E-state index in [2.05, 4.69) is 4.72 Å². The summed E-state index contributed by atoms with van der Waals surface area (Å²) in [6.07, 6.45) is -0.459. The maximum absolute atomic E-state index is 14.6. The number of hydrogen-bond acceptors (Lipinski definition) is 5. The Labute approximate surface area is 173 Å². The quantitative estimate of drug-likeness (QED) is 0.718. The predicted molar refractivity (Wildman–Crippen MR) is 111 cm³/mol. The lowest BCUT2D eigenvalue weighted by molar-refractivity contribution is -0.130. The van der Waals surface area contributed by atoms with Crippen molar-refractivity contribution in [1.29, 1.82) is 0 Å². The first kappa shape index (κ1) is 23.3. The van der Waals surface area contributed by atoms with E-state index in [0.29, 0.717) is 5.69 Å². The number of halogens is 1. The van der Waals surface area contributed by atoms with E-state index in [-0.39, 0.29) is 18.5 Å². The molecule has 1 aromatic carbocycles. The number of imide groups is 1. The number of amides is 2. The van der Waals surface area contributed by atoms with Crippen molar-refractivity contribution in [3.63, 3.8) is 0 Å². The highest BCUT2D eigenvalue weighted by Crippen LogP contribution is 2.35. The molecule has 0 aliphatic carbocycles. The summed E-state index contributed by atoms with van der Waals surface area (Å²) in [5.41, 5.74) is 5.54. The number of hydrogen-bond donors (Lipinski definition) is 2. The van der Waals surface area contributed by atoms with E-state index in [1.54, 1.807) is 41.5 Å². The molecule has 7 nitrogen and oxygen atoms in total. The highest BCUT2D eigenvalue weighted by Gasteiger charge is 2.44. The molecule has 3 N–H and O–H groups in total. The molecule has 1 aromatic rings. The number of ether oxygens (including phenoxy) is 1. The van der Waals surface area contributed by atoms with Gasteiger partial charge in [0.2, 0.25) is 5.91 Å². The van der Waals surface area contributed by atoms with Gasteiger partial charge in [-0.3, -0.25) is 4.79 Å². The van der Waals surface area contributed by atoms with Crippen LogP contribution >= 0.6 is 0 Å². The van der Waals surface area contributed by atoms with Crippen LogP contribution in [0.2, 0.25) is 0 Å². The van der Waals surface area contributed by atoms with E-state index in [1.807, 2.05) is 0 Å². The molecule has 29 heavy (non-hydrogen) atoms. The van der Waals surface area contributed by atoms with Crippen LogP contribution in [0.1, 0.15) is 59.6 Å². The number of nitrogen functional groups attached to an aromatic ring is 1. The third-order valence-corrected chi connectivity index (χ3v) is 5.99. The molecule has 1 heterocycles. The van der Waals surface area contributed by atoms with E-state index in [1.165, 1.54) is 18.2 Å². The monoisotopic (exact) mass is 427 g/mol. The number of rotatable bonds is 4. The number of nitrogens with one attached hydrogen (secondary N) is 1. The second-order valence-electron chi connectivity index (χ2n) is 9.12. The first-order valence-electron chi connectivity index (χ1n) is 9.48. The number of carbonyl (C=O) groups is 2. The molecule has 1 aliphatic rings. The number of anilines is 1. The van der Waals surface area contributed by atoms with E-state index >= 15 is 0 Å². The van der Waals surface area contributed by atoms with Crippen LogP contribution in [0.5, 0.6) is 0 Å². The van der Waals surface area contributed by atoms with Crippen LogP contribution in [-0.2, 0) is 20.5 Å². The summed E-state index contributed by atoms with van der Waals surface area (Å²) in [4.78, 5) is 26.4. The Bertz CT molecular complexity index is 817.